The van der Waals surface area contributed by atoms with Crippen molar-refractivity contribution in [2.45, 2.75) is 12.8 Å². The molecule has 0 unspecified atom stereocenters. The summed E-state index contributed by atoms with van der Waals surface area (Å²) in [6, 6.07) is 16.4. The molecule has 0 saturated carbocycles. The summed E-state index contributed by atoms with van der Waals surface area (Å²) in [7, 11) is 0. The van der Waals surface area contributed by atoms with Gasteiger partial charge in [-0.3, -0.25) is 9.59 Å². The highest BCUT2D eigenvalue weighted by molar-refractivity contribution is 5.95. The normalized spacial score (nSPS) is 13.7. The summed E-state index contributed by atoms with van der Waals surface area (Å²) >= 11 is 0. The van der Waals surface area contributed by atoms with Crippen LogP contribution in [0.4, 0.5) is 5.95 Å². The maximum Gasteiger partial charge on any atom is 0.255 e. The van der Waals surface area contributed by atoms with E-state index >= 15 is 0 Å². The van der Waals surface area contributed by atoms with Crippen LogP contribution in [0.3, 0.4) is 0 Å². The Labute approximate surface area is 203 Å². The van der Waals surface area contributed by atoms with Crippen LogP contribution in [-0.2, 0) is 4.79 Å². The number of hydrogen-bond donors (Lipinski definition) is 2. The van der Waals surface area contributed by atoms with Crippen molar-refractivity contribution in [2.75, 3.05) is 25.0 Å². The summed E-state index contributed by atoms with van der Waals surface area (Å²) in [4.78, 5) is 34.0. The Morgan fingerprint density at radius 1 is 1.03 bits per heavy atom. The molecule has 35 heavy (non-hydrogen) atoms. The van der Waals surface area contributed by atoms with Gasteiger partial charge in [-0.25, -0.2) is 4.98 Å². The largest absolute Gasteiger partial charge is 0.457 e. The van der Waals surface area contributed by atoms with Crippen LogP contribution in [0.15, 0.2) is 73.4 Å². The molecule has 0 spiro atoms. The Kier molecular flexibility index (Phi) is 7.57. The minimum atomic E-state index is -0.685. The van der Waals surface area contributed by atoms with Crippen molar-refractivity contribution in [3.63, 3.8) is 0 Å². The Bertz CT molecular complexity index is 1180. The predicted octanol–water partition coefficient (Wildman–Crippen LogP) is 4.00. The number of piperidine rings is 1. The number of rotatable bonds is 9. The number of primary amides is 1. The van der Waals surface area contributed by atoms with E-state index in [4.69, 9.17) is 15.2 Å². The Morgan fingerprint density at radius 2 is 1.66 bits per heavy atom. The van der Waals surface area contributed by atoms with E-state index < -0.39 is 5.91 Å². The molecule has 1 fully saturated rings. The molecule has 0 atom stereocenters. The molecule has 0 radical (unpaired) electrons. The standard InChI is InChI=1S/C26H27N5O4/c1-2-23(32)31-14-12-18(13-15-31)16-28-26-29-17-22(24(27)33)25(30-26)35-21-10-8-20(9-11-21)34-19-6-4-3-5-7-19/h2-11,17-18H,1,12-16H2,(H2,27,33)(H,28,29,30). The van der Waals surface area contributed by atoms with Crippen LogP contribution in [-0.4, -0.2) is 46.3 Å². The van der Waals surface area contributed by atoms with Gasteiger partial charge in [-0.15, -0.1) is 0 Å². The van der Waals surface area contributed by atoms with Gasteiger partial charge in [-0.1, -0.05) is 24.8 Å². The SMILES string of the molecule is C=CC(=O)N1CCC(CNc2ncc(C(N)=O)c(Oc3ccc(Oc4ccccc4)cc3)n2)CC1. The average Bonchev–Trinajstić information content (AvgIpc) is 2.89. The lowest BCUT2D eigenvalue weighted by Gasteiger charge is -2.31. The number of likely N-dealkylation sites (tertiary alicyclic amines) is 1. The summed E-state index contributed by atoms with van der Waals surface area (Å²) < 4.78 is 11.6. The molecular weight excluding hydrogens is 446 g/mol. The molecule has 1 aromatic heterocycles. The number of anilines is 1. The van der Waals surface area contributed by atoms with Crippen LogP contribution in [0.2, 0.25) is 0 Å². The maximum atomic E-state index is 11.9. The lowest BCUT2D eigenvalue weighted by Crippen LogP contribution is -2.39. The lowest BCUT2D eigenvalue weighted by atomic mass is 9.97. The number of hydrogen-bond acceptors (Lipinski definition) is 7. The summed E-state index contributed by atoms with van der Waals surface area (Å²) in [5.41, 5.74) is 5.57. The Balaban J connectivity index is 1.39. The first-order valence-corrected chi connectivity index (χ1v) is 11.3. The molecule has 9 nitrogen and oxygen atoms in total. The minimum absolute atomic E-state index is 0.0387. The van der Waals surface area contributed by atoms with E-state index in [0.717, 1.165) is 18.6 Å². The van der Waals surface area contributed by atoms with Crippen molar-refractivity contribution in [3.05, 3.63) is 79.0 Å². The quantitative estimate of drug-likeness (QED) is 0.451. The molecule has 9 heteroatoms. The van der Waals surface area contributed by atoms with Crippen LogP contribution >= 0.6 is 0 Å². The molecule has 2 amide bonds. The molecule has 180 valence electrons. The van der Waals surface area contributed by atoms with Crippen molar-refractivity contribution in [2.24, 2.45) is 11.7 Å². The second-order valence-electron chi connectivity index (χ2n) is 8.12. The van der Waals surface area contributed by atoms with E-state index in [1.165, 1.54) is 12.3 Å². The van der Waals surface area contributed by atoms with Crippen molar-refractivity contribution in [1.82, 2.24) is 14.9 Å². The fourth-order valence-corrected chi connectivity index (χ4v) is 3.73. The topological polar surface area (TPSA) is 120 Å². The van der Waals surface area contributed by atoms with E-state index in [0.29, 0.717) is 43.0 Å². The first kappa shape index (κ1) is 23.7. The average molecular weight is 474 g/mol. The van der Waals surface area contributed by atoms with Crippen molar-refractivity contribution in [3.8, 4) is 23.1 Å². The van der Waals surface area contributed by atoms with Crippen LogP contribution in [0.1, 0.15) is 23.2 Å². The van der Waals surface area contributed by atoms with Crippen LogP contribution in [0.5, 0.6) is 23.1 Å². The zero-order chi connectivity index (χ0) is 24.6. The fraction of sp³-hybridized carbons (Fsp3) is 0.231. The Morgan fingerprint density at radius 3 is 2.29 bits per heavy atom. The number of carbonyl (C=O) groups is 2. The van der Waals surface area contributed by atoms with Crippen LogP contribution < -0.4 is 20.5 Å². The molecule has 2 aromatic carbocycles. The van der Waals surface area contributed by atoms with Gasteiger partial charge in [0.05, 0.1) is 0 Å². The van der Waals surface area contributed by atoms with Gasteiger partial charge in [0, 0.05) is 25.8 Å². The maximum absolute atomic E-state index is 11.9. The van der Waals surface area contributed by atoms with E-state index in [-0.39, 0.29) is 17.4 Å². The molecule has 1 aliphatic rings. The third-order valence-corrected chi connectivity index (χ3v) is 5.69. The number of benzene rings is 2. The second-order valence-corrected chi connectivity index (χ2v) is 8.12. The van der Waals surface area contributed by atoms with Crippen LogP contribution in [0.25, 0.3) is 0 Å². The molecule has 4 rings (SSSR count). The Hall–Kier alpha value is -4.40. The highest BCUT2D eigenvalue weighted by Gasteiger charge is 2.22. The van der Waals surface area contributed by atoms with Gasteiger partial charge in [0.2, 0.25) is 17.7 Å². The van der Waals surface area contributed by atoms with Crippen molar-refractivity contribution < 1.29 is 19.1 Å². The number of nitrogens with zero attached hydrogens (tertiary/aromatic N) is 3. The van der Waals surface area contributed by atoms with Gasteiger partial charge in [-0.2, -0.15) is 4.98 Å². The highest BCUT2D eigenvalue weighted by atomic mass is 16.5. The number of aromatic nitrogens is 2. The van der Waals surface area contributed by atoms with Gasteiger partial charge in [-0.05, 0) is 61.2 Å². The number of ether oxygens (including phenoxy) is 2. The fourth-order valence-electron chi connectivity index (χ4n) is 3.73. The van der Waals surface area contributed by atoms with E-state index in [2.05, 4.69) is 21.9 Å². The summed E-state index contributed by atoms with van der Waals surface area (Å²) in [6.45, 7) is 5.56. The number of amides is 2. The number of nitrogens with one attached hydrogen (secondary N) is 1. The van der Waals surface area contributed by atoms with Gasteiger partial charge in [0.15, 0.2) is 0 Å². The summed E-state index contributed by atoms with van der Waals surface area (Å²) in [5, 5.41) is 3.20. The number of nitrogens with two attached hydrogens (primary N) is 1. The molecule has 2 heterocycles. The first-order chi connectivity index (χ1) is 17.0. The van der Waals surface area contributed by atoms with Gasteiger partial charge < -0.3 is 25.4 Å². The third kappa shape index (κ3) is 6.35. The molecule has 1 saturated heterocycles. The smallest absolute Gasteiger partial charge is 0.255 e. The second kappa shape index (κ2) is 11.1. The zero-order valence-corrected chi connectivity index (χ0v) is 19.2. The van der Waals surface area contributed by atoms with E-state index in [1.54, 1.807) is 29.2 Å². The molecule has 3 aromatic rings. The first-order valence-electron chi connectivity index (χ1n) is 11.3. The van der Waals surface area contributed by atoms with E-state index in [9.17, 15) is 9.59 Å². The number of carbonyl (C=O) groups excluding carboxylic acids is 2. The van der Waals surface area contributed by atoms with Gasteiger partial charge in [0.1, 0.15) is 22.8 Å². The number of para-hydroxylation sites is 1. The molecule has 0 bridgehead atoms. The molecule has 1 aliphatic heterocycles. The van der Waals surface area contributed by atoms with Crippen molar-refractivity contribution >= 4 is 17.8 Å². The highest BCUT2D eigenvalue weighted by Crippen LogP contribution is 2.28. The lowest BCUT2D eigenvalue weighted by molar-refractivity contribution is -0.127. The van der Waals surface area contributed by atoms with E-state index in [1.807, 2.05) is 30.3 Å². The minimum Gasteiger partial charge on any atom is -0.457 e. The molecular formula is C26H27N5O4. The summed E-state index contributed by atoms with van der Waals surface area (Å²) in [5.74, 6) is 1.88. The molecule has 3 N–H and O–H groups in total. The summed E-state index contributed by atoms with van der Waals surface area (Å²) in [6.07, 6.45) is 4.43. The molecule has 0 aliphatic carbocycles. The third-order valence-electron chi connectivity index (χ3n) is 5.69. The van der Waals surface area contributed by atoms with Crippen molar-refractivity contribution in [1.29, 1.82) is 0 Å². The monoisotopic (exact) mass is 473 g/mol. The van der Waals surface area contributed by atoms with Crippen LogP contribution in [0, 0.1) is 5.92 Å². The zero-order valence-electron chi connectivity index (χ0n) is 19.2. The van der Waals surface area contributed by atoms with Gasteiger partial charge >= 0.3 is 0 Å². The predicted molar refractivity (Wildman–Crippen MR) is 132 cm³/mol. The van der Waals surface area contributed by atoms with Gasteiger partial charge in [0.25, 0.3) is 5.91 Å².